The summed E-state index contributed by atoms with van der Waals surface area (Å²) in [7, 11) is 0. The number of piperazine rings is 1. The molecule has 0 unspecified atom stereocenters. The number of aromatic amines is 1. The second kappa shape index (κ2) is 9.57. The van der Waals surface area contributed by atoms with Crippen molar-refractivity contribution in [3.05, 3.63) is 77.6 Å². The van der Waals surface area contributed by atoms with Gasteiger partial charge >= 0.3 is 0 Å². The average molecular weight is 377 g/mol. The summed E-state index contributed by atoms with van der Waals surface area (Å²) >= 11 is 0. The van der Waals surface area contributed by atoms with Crippen LogP contribution in [0, 0.1) is 0 Å². The maximum atomic E-state index is 4.02. The minimum absolute atomic E-state index is 0.336. The van der Waals surface area contributed by atoms with Gasteiger partial charge in [0, 0.05) is 32.6 Å². The molecule has 6 heteroatoms. The van der Waals surface area contributed by atoms with Gasteiger partial charge in [0.15, 0.2) is 5.82 Å². The fourth-order valence-electron chi connectivity index (χ4n) is 4.04. The molecule has 2 heterocycles. The Morgan fingerprint density at radius 3 is 2.04 bits per heavy atom. The number of nitrogens with zero attached hydrogens (tertiary/aromatic N) is 5. The molecule has 0 saturated carbocycles. The molecule has 6 nitrogen and oxygen atoms in total. The molecule has 0 radical (unpaired) electrons. The van der Waals surface area contributed by atoms with Gasteiger partial charge in [-0.05, 0) is 30.5 Å². The van der Waals surface area contributed by atoms with Crippen molar-refractivity contribution < 1.29 is 0 Å². The fourth-order valence-corrected chi connectivity index (χ4v) is 4.04. The highest BCUT2D eigenvalue weighted by atomic mass is 15.5. The number of aromatic nitrogens is 4. The number of tetrazole rings is 1. The highest BCUT2D eigenvalue weighted by molar-refractivity contribution is 5.31. The molecule has 1 fully saturated rings. The van der Waals surface area contributed by atoms with E-state index in [1.54, 1.807) is 0 Å². The van der Waals surface area contributed by atoms with Gasteiger partial charge in [0.1, 0.15) is 0 Å². The van der Waals surface area contributed by atoms with Crippen LogP contribution in [0.3, 0.4) is 0 Å². The molecule has 1 N–H and O–H groups in total. The lowest BCUT2D eigenvalue weighted by molar-refractivity contribution is 0.108. The summed E-state index contributed by atoms with van der Waals surface area (Å²) in [5.41, 5.74) is 2.75. The van der Waals surface area contributed by atoms with Gasteiger partial charge < -0.3 is 4.90 Å². The lowest BCUT2D eigenvalue weighted by Crippen LogP contribution is -2.48. The van der Waals surface area contributed by atoms with E-state index in [1.807, 2.05) is 0 Å². The predicted molar refractivity (Wildman–Crippen MR) is 110 cm³/mol. The van der Waals surface area contributed by atoms with Crippen molar-refractivity contribution >= 4 is 0 Å². The van der Waals surface area contributed by atoms with Crippen molar-refractivity contribution in [1.82, 2.24) is 30.4 Å². The Balaban J connectivity index is 1.32. The Kier molecular flexibility index (Phi) is 6.42. The van der Waals surface area contributed by atoms with Crippen LogP contribution in [-0.4, -0.2) is 63.1 Å². The summed E-state index contributed by atoms with van der Waals surface area (Å²) in [6.45, 7) is 5.59. The van der Waals surface area contributed by atoms with E-state index in [0.29, 0.717) is 6.04 Å². The van der Waals surface area contributed by atoms with Crippen molar-refractivity contribution in [2.45, 2.75) is 25.3 Å². The second-order valence-electron chi connectivity index (χ2n) is 7.39. The molecule has 1 aliphatic heterocycles. The molecule has 0 aliphatic carbocycles. The number of unbranched alkanes of at least 4 members (excludes halogenated alkanes) is 1. The number of benzene rings is 2. The normalized spacial score (nSPS) is 15.9. The van der Waals surface area contributed by atoms with Gasteiger partial charge in [-0.3, -0.25) is 4.90 Å². The molecule has 0 spiro atoms. The molecule has 3 aromatic rings. The molecular formula is C22H28N6. The van der Waals surface area contributed by atoms with E-state index in [1.165, 1.54) is 17.5 Å². The van der Waals surface area contributed by atoms with Crippen LogP contribution < -0.4 is 0 Å². The van der Waals surface area contributed by atoms with Crippen LogP contribution in [0.1, 0.15) is 35.8 Å². The van der Waals surface area contributed by atoms with Gasteiger partial charge in [0.05, 0.1) is 6.04 Å². The lowest BCUT2D eigenvalue weighted by atomic mass is 9.96. The Labute approximate surface area is 166 Å². The van der Waals surface area contributed by atoms with Gasteiger partial charge in [-0.25, -0.2) is 0 Å². The third kappa shape index (κ3) is 4.82. The highest BCUT2D eigenvalue weighted by Gasteiger charge is 2.26. The first kappa shape index (κ1) is 18.8. The number of nitrogens with one attached hydrogen (secondary N) is 1. The zero-order valence-corrected chi connectivity index (χ0v) is 16.2. The van der Waals surface area contributed by atoms with E-state index in [9.17, 15) is 0 Å². The van der Waals surface area contributed by atoms with E-state index in [-0.39, 0.29) is 0 Å². The monoisotopic (exact) mass is 376 g/mol. The first-order valence-corrected chi connectivity index (χ1v) is 10.2. The Hall–Kier alpha value is -2.57. The summed E-state index contributed by atoms with van der Waals surface area (Å²) in [5.74, 6) is 0.818. The van der Waals surface area contributed by atoms with Crippen LogP contribution in [0.2, 0.25) is 0 Å². The molecule has 4 rings (SSSR count). The first-order chi connectivity index (χ1) is 13.9. The number of rotatable bonds is 8. The Morgan fingerprint density at radius 2 is 1.46 bits per heavy atom. The highest BCUT2D eigenvalue weighted by Crippen LogP contribution is 2.29. The minimum atomic E-state index is 0.336. The van der Waals surface area contributed by atoms with Crippen LogP contribution >= 0.6 is 0 Å². The fraction of sp³-hybridized carbons (Fsp3) is 0.409. The van der Waals surface area contributed by atoms with Crippen LogP contribution in [0.4, 0.5) is 0 Å². The van der Waals surface area contributed by atoms with Crippen molar-refractivity contribution in [2.24, 2.45) is 0 Å². The number of H-pyrrole nitrogens is 1. The zero-order valence-electron chi connectivity index (χ0n) is 16.2. The molecule has 146 valence electrons. The van der Waals surface area contributed by atoms with Crippen molar-refractivity contribution in [3.8, 4) is 0 Å². The number of hydrogen-bond donors (Lipinski definition) is 1. The SMILES string of the molecule is c1ccc(C(c2ccccc2)N2CCN(CCCCc3nn[nH]n3)CC2)cc1. The smallest absolute Gasteiger partial charge is 0.174 e. The maximum absolute atomic E-state index is 4.02. The largest absolute Gasteiger partial charge is 0.301 e. The predicted octanol–water partition coefficient (Wildman–Crippen LogP) is 2.93. The number of aryl methyl sites for hydroxylation is 1. The van der Waals surface area contributed by atoms with Crippen molar-refractivity contribution in [3.63, 3.8) is 0 Å². The summed E-state index contributed by atoms with van der Waals surface area (Å²) < 4.78 is 0. The molecule has 2 aromatic carbocycles. The lowest BCUT2D eigenvalue weighted by Gasteiger charge is -2.39. The van der Waals surface area contributed by atoms with Gasteiger partial charge in [0.2, 0.25) is 0 Å². The summed E-state index contributed by atoms with van der Waals surface area (Å²) in [6.07, 6.45) is 3.19. The van der Waals surface area contributed by atoms with Crippen LogP contribution in [-0.2, 0) is 6.42 Å². The van der Waals surface area contributed by atoms with Crippen molar-refractivity contribution in [2.75, 3.05) is 32.7 Å². The van der Waals surface area contributed by atoms with E-state index in [2.05, 4.69) is 91.1 Å². The molecule has 0 bridgehead atoms. The van der Waals surface area contributed by atoms with E-state index in [0.717, 1.165) is 51.4 Å². The molecule has 0 atom stereocenters. The molecule has 0 amide bonds. The van der Waals surface area contributed by atoms with Gasteiger partial charge in [-0.1, -0.05) is 65.9 Å². The third-order valence-electron chi connectivity index (χ3n) is 5.52. The molecule has 1 aliphatic rings. The van der Waals surface area contributed by atoms with E-state index in [4.69, 9.17) is 0 Å². The zero-order chi connectivity index (χ0) is 19.0. The van der Waals surface area contributed by atoms with Gasteiger partial charge in [0.25, 0.3) is 0 Å². The standard InChI is InChI=1S/C22H28N6/c1-3-9-19(10-4-1)22(20-11-5-2-6-12-20)28-17-15-27(16-18-28)14-8-7-13-21-23-25-26-24-21/h1-6,9-12,22H,7-8,13-18H2,(H,23,24,25,26). The second-order valence-corrected chi connectivity index (χ2v) is 7.39. The maximum Gasteiger partial charge on any atom is 0.174 e. The molecular weight excluding hydrogens is 348 g/mol. The minimum Gasteiger partial charge on any atom is -0.301 e. The van der Waals surface area contributed by atoms with E-state index >= 15 is 0 Å². The first-order valence-electron chi connectivity index (χ1n) is 10.2. The molecule has 1 saturated heterocycles. The van der Waals surface area contributed by atoms with E-state index < -0.39 is 0 Å². The summed E-state index contributed by atoms with van der Waals surface area (Å²) in [6, 6.07) is 22.1. The Morgan fingerprint density at radius 1 is 0.821 bits per heavy atom. The van der Waals surface area contributed by atoms with Crippen LogP contribution in [0.5, 0.6) is 0 Å². The van der Waals surface area contributed by atoms with Crippen LogP contribution in [0.25, 0.3) is 0 Å². The topological polar surface area (TPSA) is 60.9 Å². The average Bonchev–Trinajstić information content (AvgIpc) is 3.28. The summed E-state index contributed by atoms with van der Waals surface area (Å²) in [5, 5.41) is 14.2. The van der Waals surface area contributed by atoms with Gasteiger partial charge in [-0.15, -0.1) is 10.2 Å². The third-order valence-corrected chi connectivity index (χ3v) is 5.52. The number of hydrogen-bond acceptors (Lipinski definition) is 5. The van der Waals surface area contributed by atoms with Crippen LogP contribution in [0.15, 0.2) is 60.7 Å². The summed E-state index contributed by atoms with van der Waals surface area (Å²) in [4.78, 5) is 5.21. The molecule has 1 aromatic heterocycles. The quantitative estimate of drug-likeness (QED) is 0.613. The van der Waals surface area contributed by atoms with Crippen molar-refractivity contribution in [1.29, 1.82) is 0 Å². The van der Waals surface area contributed by atoms with Gasteiger partial charge in [-0.2, -0.15) is 5.21 Å². The molecule has 28 heavy (non-hydrogen) atoms. The Bertz CT molecular complexity index is 758.